The Bertz CT molecular complexity index is 547. The lowest BCUT2D eigenvalue weighted by Gasteiger charge is -2.16. The van der Waals surface area contributed by atoms with Crippen molar-refractivity contribution in [2.75, 3.05) is 13.1 Å². The third kappa shape index (κ3) is 6.67. The summed E-state index contributed by atoms with van der Waals surface area (Å²) in [5, 5.41) is 8.26. The maximum Gasteiger partial charge on any atom is 0.315 e. The lowest BCUT2D eigenvalue weighted by Crippen LogP contribution is -2.38. The number of halogens is 1. The van der Waals surface area contributed by atoms with Gasteiger partial charge in [-0.25, -0.2) is 9.18 Å². The normalized spacial score (nSPS) is 11.9. The van der Waals surface area contributed by atoms with Gasteiger partial charge in [-0.15, -0.1) is 0 Å². The molecular weight excluding hydrogens is 297 g/mol. The number of benzene rings is 1. The average Bonchev–Trinajstić information content (AvgIpc) is 2.49. The molecule has 0 aliphatic rings. The van der Waals surface area contributed by atoms with E-state index in [0.717, 1.165) is 0 Å². The van der Waals surface area contributed by atoms with Gasteiger partial charge >= 0.3 is 6.03 Å². The summed E-state index contributed by atoms with van der Waals surface area (Å²) in [6, 6.07) is 4.32. The van der Waals surface area contributed by atoms with E-state index in [2.05, 4.69) is 16.0 Å². The van der Waals surface area contributed by atoms with E-state index >= 15 is 0 Å². The minimum absolute atomic E-state index is 0.00414. The Kier molecular flexibility index (Phi) is 7.51. The van der Waals surface area contributed by atoms with Gasteiger partial charge in [0.1, 0.15) is 5.82 Å². The molecule has 0 aliphatic carbocycles. The second-order valence-corrected chi connectivity index (χ2v) is 5.93. The third-order valence-corrected chi connectivity index (χ3v) is 3.51. The van der Waals surface area contributed by atoms with E-state index in [9.17, 15) is 14.0 Å². The van der Waals surface area contributed by atoms with Crippen LogP contribution in [-0.2, 0) is 4.79 Å². The van der Waals surface area contributed by atoms with Gasteiger partial charge < -0.3 is 16.0 Å². The van der Waals surface area contributed by atoms with E-state index < -0.39 is 0 Å². The summed E-state index contributed by atoms with van der Waals surface area (Å²) >= 11 is 0. The number of amides is 3. The SMILES string of the molecule is Cc1ccc([C@@H](C)NC(=O)NCCCNC(=O)C(C)C)cc1F. The van der Waals surface area contributed by atoms with E-state index in [1.807, 2.05) is 13.8 Å². The Hall–Kier alpha value is -2.11. The number of carbonyl (C=O) groups excluding carboxylic acids is 2. The monoisotopic (exact) mass is 323 g/mol. The molecule has 0 bridgehead atoms. The number of urea groups is 1. The van der Waals surface area contributed by atoms with Crippen LogP contribution in [-0.4, -0.2) is 25.0 Å². The number of carbonyl (C=O) groups is 2. The minimum Gasteiger partial charge on any atom is -0.356 e. The predicted octanol–water partition coefficient (Wildman–Crippen LogP) is 2.66. The molecule has 0 unspecified atom stereocenters. The Morgan fingerprint density at radius 2 is 1.78 bits per heavy atom. The van der Waals surface area contributed by atoms with E-state index in [1.54, 1.807) is 26.0 Å². The molecule has 1 aromatic rings. The van der Waals surface area contributed by atoms with Crippen molar-refractivity contribution in [2.24, 2.45) is 5.92 Å². The Morgan fingerprint density at radius 3 is 2.39 bits per heavy atom. The molecule has 3 amide bonds. The molecule has 5 nitrogen and oxygen atoms in total. The average molecular weight is 323 g/mol. The fourth-order valence-electron chi connectivity index (χ4n) is 1.92. The first-order valence-corrected chi connectivity index (χ1v) is 7.89. The van der Waals surface area contributed by atoms with Crippen molar-refractivity contribution in [3.8, 4) is 0 Å². The van der Waals surface area contributed by atoms with Gasteiger partial charge in [-0.2, -0.15) is 0 Å². The minimum atomic E-state index is -0.311. The van der Waals surface area contributed by atoms with Crippen LogP contribution in [0.2, 0.25) is 0 Å². The van der Waals surface area contributed by atoms with E-state index in [4.69, 9.17) is 0 Å². The molecule has 0 saturated carbocycles. The molecule has 0 aliphatic heterocycles. The van der Waals surface area contributed by atoms with Crippen LogP contribution < -0.4 is 16.0 Å². The molecule has 1 aromatic carbocycles. The van der Waals surface area contributed by atoms with Crippen molar-refractivity contribution in [1.29, 1.82) is 0 Å². The van der Waals surface area contributed by atoms with Crippen LogP contribution in [0.4, 0.5) is 9.18 Å². The first-order valence-electron chi connectivity index (χ1n) is 7.89. The molecule has 0 heterocycles. The molecule has 0 radical (unpaired) electrons. The highest BCUT2D eigenvalue weighted by molar-refractivity contribution is 5.77. The molecular formula is C17H26FN3O2. The molecule has 0 aromatic heterocycles. The molecule has 0 fully saturated rings. The first-order chi connectivity index (χ1) is 10.8. The Morgan fingerprint density at radius 1 is 1.13 bits per heavy atom. The smallest absolute Gasteiger partial charge is 0.315 e. The van der Waals surface area contributed by atoms with Crippen molar-refractivity contribution in [2.45, 2.75) is 40.2 Å². The summed E-state index contributed by atoms with van der Waals surface area (Å²) in [4.78, 5) is 23.1. The van der Waals surface area contributed by atoms with Crippen molar-refractivity contribution >= 4 is 11.9 Å². The zero-order valence-electron chi connectivity index (χ0n) is 14.2. The largest absolute Gasteiger partial charge is 0.356 e. The van der Waals surface area contributed by atoms with Crippen LogP contribution in [0.1, 0.15) is 44.4 Å². The van der Waals surface area contributed by atoms with E-state index in [-0.39, 0.29) is 29.7 Å². The summed E-state index contributed by atoms with van der Waals surface area (Å²) < 4.78 is 13.5. The van der Waals surface area contributed by atoms with Gasteiger partial charge in [0.05, 0.1) is 6.04 Å². The van der Waals surface area contributed by atoms with Gasteiger partial charge in [0, 0.05) is 19.0 Å². The number of aryl methyl sites for hydroxylation is 1. The molecule has 23 heavy (non-hydrogen) atoms. The number of nitrogens with one attached hydrogen (secondary N) is 3. The third-order valence-electron chi connectivity index (χ3n) is 3.51. The van der Waals surface area contributed by atoms with Gasteiger partial charge in [-0.05, 0) is 37.5 Å². The lowest BCUT2D eigenvalue weighted by molar-refractivity contribution is -0.123. The van der Waals surface area contributed by atoms with Crippen molar-refractivity contribution in [3.63, 3.8) is 0 Å². The zero-order valence-corrected chi connectivity index (χ0v) is 14.2. The van der Waals surface area contributed by atoms with Gasteiger partial charge in [0.25, 0.3) is 0 Å². The second-order valence-electron chi connectivity index (χ2n) is 5.93. The highest BCUT2D eigenvalue weighted by atomic mass is 19.1. The van der Waals surface area contributed by atoms with Crippen molar-refractivity contribution in [3.05, 3.63) is 35.1 Å². The molecule has 0 saturated heterocycles. The second kappa shape index (κ2) is 9.12. The maximum atomic E-state index is 13.5. The highest BCUT2D eigenvalue weighted by Gasteiger charge is 2.11. The summed E-state index contributed by atoms with van der Waals surface area (Å²) in [7, 11) is 0. The number of hydrogen-bond acceptors (Lipinski definition) is 2. The lowest BCUT2D eigenvalue weighted by atomic mass is 10.1. The Balaban J connectivity index is 2.28. The summed E-state index contributed by atoms with van der Waals surface area (Å²) in [5.41, 5.74) is 1.29. The van der Waals surface area contributed by atoms with Crippen LogP contribution in [0.5, 0.6) is 0 Å². The first kappa shape index (κ1) is 18.9. The van der Waals surface area contributed by atoms with Crippen LogP contribution in [0.3, 0.4) is 0 Å². The number of hydrogen-bond donors (Lipinski definition) is 3. The van der Waals surface area contributed by atoms with Crippen LogP contribution in [0.25, 0.3) is 0 Å². The van der Waals surface area contributed by atoms with Crippen LogP contribution in [0, 0.1) is 18.7 Å². The van der Waals surface area contributed by atoms with Crippen molar-refractivity contribution in [1.82, 2.24) is 16.0 Å². The molecule has 1 rings (SSSR count). The molecule has 1 atom stereocenters. The predicted molar refractivity (Wildman–Crippen MR) is 88.6 cm³/mol. The topological polar surface area (TPSA) is 70.2 Å². The van der Waals surface area contributed by atoms with Crippen LogP contribution >= 0.6 is 0 Å². The van der Waals surface area contributed by atoms with Gasteiger partial charge in [0.2, 0.25) is 5.91 Å². The fraction of sp³-hybridized carbons (Fsp3) is 0.529. The summed E-state index contributed by atoms with van der Waals surface area (Å²) in [5.74, 6) is -0.316. The molecule has 0 spiro atoms. The van der Waals surface area contributed by atoms with Crippen molar-refractivity contribution < 1.29 is 14.0 Å². The summed E-state index contributed by atoms with van der Waals surface area (Å²) in [6.07, 6.45) is 0.652. The quantitative estimate of drug-likeness (QED) is 0.675. The van der Waals surface area contributed by atoms with Gasteiger partial charge in [0.15, 0.2) is 0 Å². The summed E-state index contributed by atoms with van der Waals surface area (Å²) in [6.45, 7) is 8.14. The van der Waals surface area contributed by atoms with E-state index in [0.29, 0.717) is 30.6 Å². The van der Waals surface area contributed by atoms with Gasteiger partial charge in [-0.3, -0.25) is 4.79 Å². The molecule has 3 N–H and O–H groups in total. The zero-order chi connectivity index (χ0) is 17.4. The van der Waals surface area contributed by atoms with E-state index in [1.165, 1.54) is 6.07 Å². The van der Waals surface area contributed by atoms with Gasteiger partial charge in [-0.1, -0.05) is 26.0 Å². The standard InChI is InChI=1S/C17H26FN3O2/c1-11(2)16(22)19-8-5-9-20-17(23)21-13(4)14-7-6-12(3)15(18)10-14/h6-7,10-11,13H,5,8-9H2,1-4H3,(H,19,22)(H2,20,21,23)/t13-/m1/s1. The molecule has 6 heteroatoms. The highest BCUT2D eigenvalue weighted by Crippen LogP contribution is 2.16. The van der Waals surface area contributed by atoms with Crippen LogP contribution in [0.15, 0.2) is 18.2 Å². The number of rotatable bonds is 7. The molecule has 128 valence electrons. The Labute approximate surface area is 137 Å². The maximum absolute atomic E-state index is 13.5. The fourth-order valence-corrected chi connectivity index (χ4v) is 1.92.